The predicted octanol–water partition coefficient (Wildman–Crippen LogP) is 4.14. The third-order valence-corrected chi connectivity index (χ3v) is 5.11. The van der Waals surface area contributed by atoms with E-state index in [0.29, 0.717) is 33.3 Å². The van der Waals surface area contributed by atoms with Crippen LogP contribution in [0.25, 0.3) is 22.4 Å². The number of aryl methyl sites for hydroxylation is 3. The topological polar surface area (TPSA) is 119 Å². The molecule has 0 spiro atoms. The van der Waals surface area contributed by atoms with Gasteiger partial charge in [-0.25, -0.2) is 4.98 Å². The van der Waals surface area contributed by atoms with E-state index in [1.165, 1.54) is 19.2 Å². The van der Waals surface area contributed by atoms with Crippen LogP contribution in [0.1, 0.15) is 37.9 Å². The van der Waals surface area contributed by atoms with Crippen LogP contribution in [0.4, 0.5) is 0 Å². The van der Waals surface area contributed by atoms with Crippen molar-refractivity contribution < 1.29 is 23.3 Å². The summed E-state index contributed by atoms with van der Waals surface area (Å²) in [6, 6.07) is 7.98. The first kappa shape index (κ1) is 21.4. The van der Waals surface area contributed by atoms with Crippen LogP contribution >= 0.6 is 11.6 Å². The van der Waals surface area contributed by atoms with E-state index in [4.69, 9.17) is 25.3 Å². The quantitative estimate of drug-likeness (QED) is 0.444. The first-order valence-corrected chi connectivity index (χ1v) is 9.95. The van der Waals surface area contributed by atoms with Gasteiger partial charge in [0, 0.05) is 10.6 Å². The van der Waals surface area contributed by atoms with Gasteiger partial charge in [-0.3, -0.25) is 20.4 Å². The number of methoxy groups -OCH3 is 1. The molecule has 9 nitrogen and oxygen atoms in total. The maximum absolute atomic E-state index is 13.0. The average molecular weight is 455 g/mol. The number of furan rings is 1. The Morgan fingerprint density at radius 2 is 1.75 bits per heavy atom. The lowest BCUT2D eigenvalue weighted by atomic mass is 10.1. The van der Waals surface area contributed by atoms with Gasteiger partial charge in [0.2, 0.25) is 0 Å². The van der Waals surface area contributed by atoms with Crippen LogP contribution in [0, 0.1) is 20.8 Å². The third-order valence-electron chi connectivity index (χ3n) is 4.88. The van der Waals surface area contributed by atoms with Crippen molar-refractivity contribution >= 4 is 34.5 Å². The fourth-order valence-corrected chi connectivity index (χ4v) is 3.56. The van der Waals surface area contributed by atoms with Crippen LogP contribution in [-0.4, -0.2) is 29.1 Å². The lowest BCUT2D eigenvalue weighted by Gasteiger charge is -2.11. The van der Waals surface area contributed by atoms with E-state index in [-0.39, 0.29) is 22.6 Å². The highest BCUT2D eigenvalue weighted by molar-refractivity contribution is 6.30. The average Bonchev–Trinajstić information content (AvgIpc) is 3.32. The molecular weight excluding hydrogens is 436 g/mol. The summed E-state index contributed by atoms with van der Waals surface area (Å²) < 4.78 is 16.1. The number of rotatable bonds is 4. The highest BCUT2D eigenvalue weighted by Crippen LogP contribution is 2.30. The number of hydrogen-bond donors (Lipinski definition) is 2. The van der Waals surface area contributed by atoms with Crippen molar-refractivity contribution in [3.05, 3.63) is 63.7 Å². The molecule has 4 rings (SSSR count). The lowest BCUT2D eigenvalue weighted by Crippen LogP contribution is -2.41. The number of hydrazine groups is 1. The normalized spacial score (nSPS) is 10.9. The van der Waals surface area contributed by atoms with Gasteiger partial charge in [0.05, 0.1) is 35.0 Å². The summed E-state index contributed by atoms with van der Waals surface area (Å²) in [6.45, 7) is 5.33. The summed E-state index contributed by atoms with van der Waals surface area (Å²) in [5, 5.41) is 4.78. The molecule has 0 saturated carbocycles. The van der Waals surface area contributed by atoms with E-state index in [1.807, 2.05) is 13.0 Å². The largest absolute Gasteiger partial charge is 0.496 e. The predicted molar refractivity (Wildman–Crippen MR) is 117 cm³/mol. The van der Waals surface area contributed by atoms with Crippen molar-refractivity contribution in [1.29, 1.82) is 0 Å². The molecule has 0 aliphatic rings. The number of aromatic nitrogens is 2. The summed E-state index contributed by atoms with van der Waals surface area (Å²) in [7, 11) is 1.42. The molecule has 0 bridgehead atoms. The number of benzene rings is 1. The van der Waals surface area contributed by atoms with Crippen LogP contribution in [0.2, 0.25) is 5.02 Å². The van der Waals surface area contributed by atoms with Crippen molar-refractivity contribution in [2.45, 2.75) is 20.8 Å². The lowest BCUT2D eigenvalue weighted by molar-refractivity contribution is 0.0846. The first-order chi connectivity index (χ1) is 15.3. The fraction of sp³-hybridized carbons (Fsp3) is 0.182. The molecule has 0 atom stereocenters. The maximum Gasteiger partial charge on any atom is 0.273 e. The Bertz CT molecular complexity index is 1360. The van der Waals surface area contributed by atoms with Gasteiger partial charge in [0.15, 0.2) is 0 Å². The molecule has 10 heteroatoms. The molecule has 0 unspecified atom stereocenters. The number of hydrogen-bond acceptors (Lipinski definition) is 7. The number of amides is 2. The van der Waals surface area contributed by atoms with E-state index in [2.05, 4.69) is 21.0 Å². The van der Waals surface area contributed by atoms with Gasteiger partial charge in [-0.2, -0.15) is 0 Å². The van der Waals surface area contributed by atoms with E-state index >= 15 is 0 Å². The van der Waals surface area contributed by atoms with Crippen LogP contribution < -0.4 is 15.6 Å². The number of fused-ring (bicyclic) bond motifs is 1. The van der Waals surface area contributed by atoms with E-state index in [0.717, 1.165) is 5.56 Å². The van der Waals surface area contributed by atoms with Crippen LogP contribution in [-0.2, 0) is 0 Å². The van der Waals surface area contributed by atoms with Crippen molar-refractivity contribution in [2.24, 2.45) is 0 Å². The summed E-state index contributed by atoms with van der Waals surface area (Å²) >= 11 is 5.94. The number of ether oxygens (including phenoxy) is 1. The molecule has 0 radical (unpaired) electrons. The molecule has 3 aromatic heterocycles. The second-order valence-corrected chi connectivity index (χ2v) is 7.52. The van der Waals surface area contributed by atoms with E-state index in [1.54, 1.807) is 26.0 Å². The standard InChI is InChI=1S/C22H19ClN4O5/c1-10-7-15(12(3)31-10)17-9-16(19-11(2)27-32-22(19)24-17)21(29)26-25-20(28)14-6-5-13(23)8-18(14)30-4/h5-9H,1-4H3,(H,25,28)(H,26,29). The number of nitrogens with one attached hydrogen (secondary N) is 2. The van der Waals surface area contributed by atoms with Crippen molar-refractivity contribution in [2.75, 3.05) is 7.11 Å². The van der Waals surface area contributed by atoms with Gasteiger partial charge in [0.1, 0.15) is 17.3 Å². The van der Waals surface area contributed by atoms with Crippen LogP contribution in [0.3, 0.4) is 0 Å². The minimum absolute atomic E-state index is 0.203. The summed E-state index contributed by atoms with van der Waals surface area (Å²) in [5.41, 5.74) is 7.17. The molecule has 2 amide bonds. The van der Waals surface area contributed by atoms with Crippen LogP contribution in [0.15, 0.2) is 39.3 Å². The molecule has 0 fully saturated rings. The number of nitrogens with zero attached hydrogens (tertiary/aromatic N) is 2. The summed E-state index contributed by atoms with van der Waals surface area (Å²) in [6.07, 6.45) is 0. The smallest absolute Gasteiger partial charge is 0.273 e. The van der Waals surface area contributed by atoms with Crippen molar-refractivity contribution in [3.63, 3.8) is 0 Å². The first-order valence-electron chi connectivity index (χ1n) is 9.57. The second-order valence-electron chi connectivity index (χ2n) is 7.08. The Morgan fingerprint density at radius 1 is 1.03 bits per heavy atom. The molecule has 4 aromatic rings. The van der Waals surface area contributed by atoms with Gasteiger partial charge in [0.25, 0.3) is 17.5 Å². The van der Waals surface area contributed by atoms with Gasteiger partial charge < -0.3 is 13.7 Å². The number of carbonyl (C=O) groups is 2. The molecule has 164 valence electrons. The number of pyridine rings is 1. The Morgan fingerprint density at radius 3 is 2.41 bits per heavy atom. The SMILES string of the molecule is COc1cc(Cl)ccc1C(=O)NNC(=O)c1cc(-c2cc(C)oc2C)nc2onc(C)c12. The monoisotopic (exact) mass is 454 g/mol. The van der Waals surface area contributed by atoms with Crippen molar-refractivity contribution in [1.82, 2.24) is 21.0 Å². The maximum atomic E-state index is 13.0. The molecular formula is C22H19ClN4O5. The number of halogens is 1. The molecule has 0 aliphatic carbocycles. The minimum Gasteiger partial charge on any atom is -0.496 e. The molecule has 3 heterocycles. The highest BCUT2D eigenvalue weighted by atomic mass is 35.5. The Labute approximate surface area is 187 Å². The van der Waals surface area contributed by atoms with Gasteiger partial charge in [-0.1, -0.05) is 16.8 Å². The second kappa shape index (κ2) is 8.35. The minimum atomic E-state index is -0.569. The van der Waals surface area contributed by atoms with Gasteiger partial charge >= 0.3 is 0 Å². The molecule has 0 saturated heterocycles. The van der Waals surface area contributed by atoms with Crippen molar-refractivity contribution in [3.8, 4) is 17.0 Å². The molecule has 2 N–H and O–H groups in total. The zero-order chi connectivity index (χ0) is 23.0. The Hall–Kier alpha value is -3.85. The number of carbonyl (C=O) groups excluding carboxylic acids is 2. The van der Waals surface area contributed by atoms with Gasteiger partial charge in [-0.05, 0) is 51.1 Å². The van der Waals surface area contributed by atoms with E-state index in [9.17, 15) is 9.59 Å². The third kappa shape index (κ3) is 3.90. The highest BCUT2D eigenvalue weighted by Gasteiger charge is 2.22. The Kier molecular flexibility index (Phi) is 5.58. The zero-order valence-corrected chi connectivity index (χ0v) is 18.5. The molecule has 1 aromatic carbocycles. The molecule has 32 heavy (non-hydrogen) atoms. The summed E-state index contributed by atoms with van der Waals surface area (Å²) in [4.78, 5) is 30.1. The molecule has 0 aliphatic heterocycles. The zero-order valence-electron chi connectivity index (χ0n) is 17.7. The Balaban J connectivity index is 1.65. The summed E-state index contributed by atoms with van der Waals surface area (Å²) in [5.74, 6) is 0.506. The van der Waals surface area contributed by atoms with Gasteiger partial charge in [-0.15, -0.1) is 0 Å². The fourth-order valence-electron chi connectivity index (χ4n) is 3.40. The van der Waals surface area contributed by atoms with E-state index < -0.39 is 11.8 Å². The van der Waals surface area contributed by atoms with Crippen LogP contribution in [0.5, 0.6) is 5.75 Å².